The highest BCUT2D eigenvalue weighted by atomic mass is 32.2. The zero-order valence-corrected chi connectivity index (χ0v) is 12.6. The van der Waals surface area contributed by atoms with Gasteiger partial charge in [-0.1, -0.05) is 36.4 Å². The number of anilines is 1. The Kier molecular flexibility index (Phi) is 5.22. The lowest BCUT2D eigenvalue weighted by Gasteiger charge is -2.07. The molecule has 0 atom stereocenters. The van der Waals surface area contributed by atoms with E-state index in [1.165, 1.54) is 0 Å². The third-order valence-electron chi connectivity index (χ3n) is 2.96. The van der Waals surface area contributed by atoms with Gasteiger partial charge in [0.25, 0.3) is 0 Å². The standard InChI is InChI=1S/C16H19NO3S/c17-15-8-4-9-16(12-15)20-10-5-11-21(18,19)13-14-6-2-1-3-7-14/h1-4,6-9,12H,5,10-11,13,17H2. The molecule has 0 heterocycles. The van der Waals surface area contributed by atoms with Gasteiger partial charge in [-0.2, -0.15) is 0 Å². The fourth-order valence-corrected chi connectivity index (χ4v) is 3.38. The summed E-state index contributed by atoms with van der Waals surface area (Å²) in [7, 11) is -3.10. The number of sulfone groups is 1. The summed E-state index contributed by atoms with van der Waals surface area (Å²) in [5, 5.41) is 0. The Morgan fingerprint density at radius 2 is 1.76 bits per heavy atom. The second-order valence-electron chi connectivity index (χ2n) is 4.85. The summed E-state index contributed by atoms with van der Waals surface area (Å²) in [6.45, 7) is 0.359. The number of benzene rings is 2. The van der Waals surface area contributed by atoms with Crippen molar-refractivity contribution in [2.45, 2.75) is 12.2 Å². The lowest BCUT2D eigenvalue weighted by molar-refractivity contribution is 0.318. The Morgan fingerprint density at radius 1 is 1.00 bits per heavy atom. The SMILES string of the molecule is Nc1cccc(OCCCS(=O)(=O)Cc2ccccc2)c1. The van der Waals surface area contributed by atoms with Gasteiger partial charge in [0.1, 0.15) is 5.75 Å². The number of nitrogen functional groups attached to an aromatic ring is 1. The van der Waals surface area contributed by atoms with Gasteiger partial charge in [-0.15, -0.1) is 0 Å². The second kappa shape index (κ2) is 7.13. The molecule has 0 radical (unpaired) electrons. The molecule has 0 unspecified atom stereocenters. The molecule has 0 aromatic heterocycles. The van der Waals surface area contributed by atoms with E-state index >= 15 is 0 Å². The van der Waals surface area contributed by atoms with Crippen molar-refractivity contribution in [1.82, 2.24) is 0 Å². The summed E-state index contributed by atoms with van der Waals surface area (Å²) in [5.41, 5.74) is 7.09. The van der Waals surface area contributed by atoms with Crippen LogP contribution in [0.2, 0.25) is 0 Å². The first-order valence-electron chi connectivity index (χ1n) is 6.78. The molecule has 5 heteroatoms. The molecule has 112 valence electrons. The minimum atomic E-state index is -3.10. The molecule has 0 saturated carbocycles. The summed E-state index contributed by atoms with van der Waals surface area (Å²) in [6, 6.07) is 16.3. The van der Waals surface area contributed by atoms with Crippen LogP contribution in [0.4, 0.5) is 5.69 Å². The van der Waals surface area contributed by atoms with E-state index in [1.807, 2.05) is 30.3 Å². The Bertz CT molecular complexity index is 669. The van der Waals surface area contributed by atoms with E-state index in [0.29, 0.717) is 24.5 Å². The van der Waals surface area contributed by atoms with Gasteiger partial charge < -0.3 is 10.5 Å². The molecule has 0 aliphatic rings. The molecule has 21 heavy (non-hydrogen) atoms. The largest absolute Gasteiger partial charge is 0.493 e. The van der Waals surface area contributed by atoms with Crippen LogP contribution in [0, 0.1) is 0 Å². The Balaban J connectivity index is 1.77. The van der Waals surface area contributed by atoms with Crippen molar-refractivity contribution in [1.29, 1.82) is 0 Å². The highest BCUT2D eigenvalue weighted by Gasteiger charge is 2.11. The molecule has 4 nitrogen and oxygen atoms in total. The molecular weight excluding hydrogens is 286 g/mol. The second-order valence-corrected chi connectivity index (χ2v) is 7.04. The van der Waals surface area contributed by atoms with E-state index in [1.54, 1.807) is 24.3 Å². The lowest BCUT2D eigenvalue weighted by atomic mass is 10.2. The van der Waals surface area contributed by atoms with Gasteiger partial charge in [0.2, 0.25) is 0 Å². The summed E-state index contributed by atoms with van der Waals surface area (Å²) in [4.78, 5) is 0. The van der Waals surface area contributed by atoms with E-state index in [-0.39, 0.29) is 11.5 Å². The first-order chi connectivity index (χ1) is 10.1. The number of hydrogen-bond acceptors (Lipinski definition) is 4. The molecule has 0 aliphatic carbocycles. The van der Waals surface area contributed by atoms with Crippen LogP contribution in [-0.4, -0.2) is 20.8 Å². The van der Waals surface area contributed by atoms with Crippen LogP contribution >= 0.6 is 0 Å². The molecule has 0 fully saturated rings. The maximum atomic E-state index is 12.0. The van der Waals surface area contributed by atoms with Crippen LogP contribution in [-0.2, 0) is 15.6 Å². The van der Waals surface area contributed by atoms with Gasteiger partial charge in [0.05, 0.1) is 18.1 Å². The van der Waals surface area contributed by atoms with E-state index in [4.69, 9.17) is 10.5 Å². The van der Waals surface area contributed by atoms with Gasteiger partial charge in [-0.05, 0) is 24.1 Å². The van der Waals surface area contributed by atoms with Crippen molar-refractivity contribution < 1.29 is 13.2 Å². The minimum Gasteiger partial charge on any atom is -0.493 e. The Hall–Kier alpha value is -2.01. The van der Waals surface area contributed by atoms with Crippen LogP contribution in [0.25, 0.3) is 0 Å². The Morgan fingerprint density at radius 3 is 2.48 bits per heavy atom. The average Bonchev–Trinajstić information content (AvgIpc) is 2.44. The summed E-state index contributed by atoms with van der Waals surface area (Å²) in [6.07, 6.45) is 0.462. The highest BCUT2D eigenvalue weighted by molar-refractivity contribution is 7.90. The molecule has 0 saturated heterocycles. The zero-order chi connectivity index (χ0) is 15.1. The molecule has 2 aromatic carbocycles. The molecular formula is C16H19NO3S. The van der Waals surface area contributed by atoms with Crippen molar-refractivity contribution in [3.05, 3.63) is 60.2 Å². The van der Waals surface area contributed by atoms with Gasteiger partial charge in [-0.3, -0.25) is 0 Å². The molecule has 2 aromatic rings. The van der Waals surface area contributed by atoms with Crippen LogP contribution in [0.15, 0.2) is 54.6 Å². The predicted molar refractivity (Wildman–Crippen MR) is 84.9 cm³/mol. The monoisotopic (exact) mass is 305 g/mol. The van der Waals surface area contributed by atoms with Gasteiger partial charge in [0.15, 0.2) is 9.84 Å². The molecule has 2 rings (SSSR count). The van der Waals surface area contributed by atoms with Crippen molar-refractivity contribution in [2.24, 2.45) is 0 Å². The number of rotatable bonds is 7. The van der Waals surface area contributed by atoms with Crippen LogP contribution in [0.3, 0.4) is 0 Å². The summed E-state index contributed by atoms with van der Waals surface area (Å²) >= 11 is 0. The number of nitrogens with two attached hydrogens (primary N) is 1. The quantitative estimate of drug-likeness (QED) is 0.630. The first kappa shape index (κ1) is 15.4. The number of hydrogen-bond donors (Lipinski definition) is 1. The van der Waals surface area contributed by atoms with Crippen molar-refractivity contribution in [3.63, 3.8) is 0 Å². The molecule has 0 spiro atoms. The van der Waals surface area contributed by atoms with Gasteiger partial charge in [-0.25, -0.2) is 8.42 Å². The lowest BCUT2D eigenvalue weighted by Crippen LogP contribution is -2.12. The van der Waals surface area contributed by atoms with Gasteiger partial charge in [0, 0.05) is 11.8 Å². The Labute approximate surface area is 125 Å². The highest BCUT2D eigenvalue weighted by Crippen LogP contribution is 2.15. The third kappa shape index (κ3) is 5.47. The van der Waals surface area contributed by atoms with E-state index in [2.05, 4.69) is 0 Å². The van der Waals surface area contributed by atoms with Crippen LogP contribution in [0.1, 0.15) is 12.0 Å². The first-order valence-corrected chi connectivity index (χ1v) is 8.60. The predicted octanol–water partition coefficient (Wildman–Crippen LogP) is 2.65. The fourth-order valence-electron chi connectivity index (χ4n) is 1.97. The number of ether oxygens (including phenoxy) is 1. The van der Waals surface area contributed by atoms with E-state index < -0.39 is 9.84 Å². The fraction of sp³-hybridized carbons (Fsp3) is 0.250. The molecule has 2 N–H and O–H groups in total. The van der Waals surface area contributed by atoms with Crippen LogP contribution in [0.5, 0.6) is 5.75 Å². The third-order valence-corrected chi connectivity index (χ3v) is 4.64. The van der Waals surface area contributed by atoms with Crippen molar-refractivity contribution >= 4 is 15.5 Å². The van der Waals surface area contributed by atoms with E-state index in [9.17, 15) is 8.42 Å². The maximum absolute atomic E-state index is 12.0. The molecule has 0 aliphatic heterocycles. The minimum absolute atomic E-state index is 0.0755. The summed E-state index contributed by atoms with van der Waals surface area (Å²) < 4.78 is 29.5. The topological polar surface area (TPSA) is 69.4 Å². The smallest absolute Gasteiger partial charge is 0.154 e. The van der Waals surface area contributed by atoms with Crippen molar-refractivity contribution in [2.75, 3.05) is 18.1 Å². The van der Waals surface area contributed by atoms with Gasteiger partial charge >= 0.3 is 0 Å². The zero-order valence-electron chi connectivity index (χ0n) is 11.7. The maximum Gasteiger partial charge on any atom is 0.154 e. The average molecular weight is 305 g/mol. The normalized spacial score (nSPS) is 11.2. The molecule has 0 amide bonds. The van der Waals surface area contributed by atoms with E-state index in [0.717, 1.165) is 5.56 Å². The van der Waals surface area contributed by atoms with Crippen molar-refractivity contribution in [3.8, 4) is 5.75 Å². The summed E-state index contributed by atoms with van der Waals surface area (Å²) in [5.74, 6) is 0.853. The van der Waals surface area contributed by atoms with Crippen LogP contribution < -0.4 is 10.5 Å². The molecule has 0 bridgehead atoms.